The summed E-state index contributed by atoms with van der Waals surface area (Å²) in [6, 6.07) is 10.9. The Morgan fingerprint density at radius 1 is 1.00 bits per heavy atom. The molecule has 0 spiro atoms. The number of benzene rings is 2. The Labute approximate surface area is 195 Å². The third-order valence-electron chi connectivity index (χ3n) is 5.40. The summed E-state index contributed by atoms with van der Waals surface area (Å²) < 4.78 is 57.7. The molecule has 33 heavy (non-hydrogen) atoms. The lowest BCUT2D eigenvalue weighted by molar-refractivity contribution is -0.123. The first-order chi connectivity index (χ1) is 15.5. The molecule has 0 saturated carbocycles. The average molecular weight is 496 g/mol. The molecule has 1 saturated heterocycles. The Balaban J connectivity index is 1.53. The van der Waals surface area contributed by atoms with Gasteiger partial charge in [0, 0.05) is 33.7 Å². The first-order valence-electron chi connectivity index (χ1n) is 10.5. The van der Waals surface area contributed by atoms with Gasteiger partial charge in [0.2, 0.25) is 20.0 Å². The molecule has 2 aromatic carbocycles. The SMILES string of the molecule is Cc1cc(S(=O)(=O)N(C)C)ccc1OCC(=O)NCc1ccc(S(=O)(=O)N2CCCC2)cc1. The summed E-state index contributed by atoms with van der Waals surface area (Å²) >= 11 is 0. The summed E-state index contributed by atoms with van der Waals surface area (Å²) in [7, 11) is -4.09. The topological polar surface area (TPSA) is 113 Å². The number of hydrogen-bond donors (Lipinski definition) is 1. The van der Waals surface area contributed by atoms with Gasteiger partial charge in [-0.1, -0.05) is 12.1 Å². The molecule has 0 bridgehead atoms. The van der Waals surface area contributed by atoms with Gasteiger partial charge >= 0.3 is 0 Å². The predicted octanol–water partition coefficient (Wildman–Crippen LogP) is 1.73. The van der Waals surface area contributed by atoms with Crippen molar-refractivity contribution in [1.29, 1.82) is 0 Å². The highest BCUT2D eigenvalue weighted by Gasteiger charge is 2.26. The van der Waals surface area contributed by atoms with Crippen molar-refractivity contribution in [3.8, 4) is 5.75 Å². The molecule has 1 fully saturated rings. The van der Waals surface area contributed by atoms with Crippen LogP contribution in [-0.4, -0.2) is 65.1 Å². The van der Waals surface area contributed by atoms with Crippen LogP contribution >= 0.6 is 0 Å². The number of nitrogens with one attached hydrogen (secondary N) is 1. The molecule has 1 heterocycles. The second-order valence-electron chi connectivity index (χ2n) is 8.04. The summed E-state index contributed by atoms with van der Waals surface area (Å²) in [5, 5.41) is 2.73. The van der Waals surface area contributed by atoms with E-state index in [0.29, 0.717) is 24.4 Å². The van der Waals surface area contributed by atoms with Crippen LogP contribution in [0, 0.1) is 6.92 Å². The molecule has 0 aliphatic carbocycles. The number of aryl methyl sites for hydroxylation is 1. The zero-order chi connectivity index (χ0) is 24.2. The predicted molar refractivity (Wildman–Crippen MR) is 124 cm³/mol. The largest absolute Gasteiger partial charge is 0.484 e. The monoisotopic (exact) mass is 495 g/mol. The van der Waals surface area contributed by atoms with Crippen molar-refractivity contribution < 1.29 is 26.4 Å². The number of nitrogens with zero attached hydrogens (tertiary/aromatic N) is 2. The fourth-order valence-corrected chi connectivity index (χ4v) is 5.91. The fourth-order valence-electron chi connectivity index (χ4n) is 3.41. The van der Waals surface area contributed by atoms with Crippen molar-refractivity contribution in [2.75, 3.05) is 33.8 Å². The first kappa shape index (κ1) is 25.2. The molecule has 1 aliphatic rings. The van der Waals surface area contributed by atoms with Crippen molar-refractivity contribution in [2.24, 2.45) is 0 Å². The molecule has 1 N–H and O–H groups in total. The Morgan fingerprint density at radius 2 is 1.61 bits per heavy atom. The molecule has 2 aromatic rings. The quantitative estimate of drug-likeness (QED) is 0.567. The van der Waals surface area contributed by atoms with Gasteiger partial charge in [0.15, 0.2) is 6.61 Å². The zero-order valence-corrected chi connectivity index (χ0v) is 20.6. The molecular weight excluding hydrogens is 466 g/mol. The van der Waals surface area contributed by atoms with Crippen molar-refractivity contribution >= 4 is 26.0 Å². The van der Waals surface area contributed by atoms with Crippen LogP contribution in [0.3, 0.4) is 0 Å². The van der Waals surface area contributed by atoms with E-state index in [1.165, 1.54) is 36.6 Å². The third-order valence-corrected chi connectivity index (χ3v) is 9.12. The number of carbonyl (C=O) groups excluding carboxylic acids is 1. The minimum Gasteiger partial charge on any atom is -0.484 e. The zero-order valence-electron chi connectivity index (χ0n) is 18.9. The summed E-state index contributed by atoms with van der Waals surface area (Å²) in [5.74, 6) is 0.0625. The second kappa shape index (κ2) is 10.2. The van der Waals surface area contributed by atoms with E-state index in [1.54, 1.807) is 31.2 Å². The van der Waals surface area contributed by atoms with E-state index in [-0.39, 0.29) is 28.8 Å². The van der Waals surface area contributed by atoms with Crippen LogP contribution in [0.15, 0.2) is 52.3 Å². The van der Waals surface area contributed by atoms with Crippen LogP contribution in [0.2, 0.25) is 0 Å². The van der Waals surface area contributed by atoms with Gasteiger partial charge in [-0.2, -0.15) is 4.31 Å². The number of ether oxygens (including phenoxy) is 1. The van der Waals surface area contributed by atoms with E-state index in [2.05, 4.69) is 5.32 Å². The Hall–Kier alpha value is -2.47. The maximum absolute atomic E-state index is 12.6. The van der Waals surface area contributed by atoms with Crippen molar-refractivity contribution in [2.45, 2.75) is 36.1 Å². The van der Waals surface area contributed by atoms with Crippen molar-refractivity contribution in [3.63, 3.8) is 0 Å². The summed E-state index contributed by atoms with van der Waals surface area (Å²) in [5.41, 5.74) is 1.36. The highest BCUT2D eigenvalue weighted by Crippen LogP contribution is 2.23. The van der Waals surface area contributed by atoms with Gasteiger partial charge < -0.3 is 10.1 Å². The number of hydrogen-bond acceptors (Lipinski definition) is 6. The molecule has 180 valence electrons. The number of rotatable bonds is 9. The Kier molecular flexibility index (Phi) is 7.78. The number of sulfonamides is 2. The molecule has 0 aromatic heterocycles. The molecule has 0 unspecified atom stereocenters. The van der Waals surface area contributed by atoms with Gasteiger partial charge in [0.25, 0.3) is 5.91 Å². The summed E-state index contributed by atoms with van der Waals surface area (Å²) in [4.78, 5) is 12.6. The van der Waals surface area contributed by atoms with Crippen LogP contribution in [0.1, 0.15) is 24.0 Å². The van der Waals surface area contributed by atoms with Crippen molar-refractivity contribution in [1.82, 2.24) is 13.9 Å². The Morgan fingerprint density at radius 3 is 2.18 bits per heavy atom. The first-order valence-corrected chi connectivity index (χ1v) is 13.4. The summed E-state index contributed by atoms with van der Waals surface area (Å²) in [6.45, 7) is 2.80. The van der Waals surface area contributed by atoms with E-state index in [1.807, 2.05) is 0 Å². The van der Waals surface area contributed by atoms with Crippen LogP contribution in [0.4, 0.5) is 0 Å². The molecule has 0 radical (unpaired) electrons. The molecule has 1 amide bonds. The molecule has 0 atom stereocenters. The van der Waals surface area contributed by atoms with Gasteiger partial charge in [0.05, 0.1) is 9.79 Å². The minimum absolute atomic E-state index is 0.150. The lowest BCUT2D eigenvalue weighted by Gasteiger charge is -2.15. The Bertz CT molecular complexity index is 1200. The van der Waals surface area contributed by atoms with Gasteiger partial charge in [-0.15, -0.1) is 0 Å². The smallest absolute Gasteiger partial charge is 0.258 e. The maximum Gasteiger partial charge on any atom is 0.258 e. The minimum atomic E-state index is -3.55. The lowest BCUT2D eigenvalue weighted by atomic mass is 10.2. The second-order valence-corrected chi connectivity index (χ2v) is 12.1. The van der Waals surface area contributed by atoms with Gasteiger partial charge in [-0.05, 0) is 61.2 Å². The standard InChI is InChI=1S/C22H29N3O6S2/c1-17-14-20(32(27,28)24(2)3)10-11-21(17)31-16-22(26)23-15-18-6-8-19(9-7-18)33(29,30)25-12-4-5-13-25/h6-11,14H,4-5,12-13,15-16H2,1-3H3,(H,23,26). The normalized spacial score (nSPS) is 15.0. The van der Waals surface area contributed by atoms with Crippen LogP contribution in [0.5, 0.6) is 5.75 Å². The van der Waals surface area contributed by atoms with E-state index >= 15 is 0 Å². The van der Waals surface area contributed by atoms with Gasteiger partial charge in [-0.25, -0.2) is 21.1 Å². The molecule has 1 aliphatic heterocycles. The summed E-state index contributed by atoms with van der Waals surface area (Å²) in [6.07, 6.45) is 1.76. The third kappa shape index (κ3) is 5.91. The number of amides is 1. The van der Waals surface area contributed by atoms with Crippen LogP contribution < -0.4 is 10.1 Å². The van der Waals surface area contributed by atoms with E-state index < -0.39 is 20.0 Å². The van der Waals surface area contributed by atoms with Gasteiger partial charge in [0.1, 0.15) is 5.75 Å². The van der Waals surface area contributed by atoms with Crippen molar-refractivity contribution in [3.05, 3.63) is 53.6 Å². The highest BCUT2D eigenvalue weighted by molar-refractivity contribution is 7.89. The average Bonchev–Trinajstić information content (AvgIpc) is 3.33. The maximum atomic E-state index is 12.6. The lowest BCUT2D eigenvalue weighted by Crippen LogP contribution is -2.29. The van der Waals surface area contributed by atoms with Crippen LogP contribution in [0.25, 0.3) is 0 Å². The molecule has 3 rings (SSSR count). The molecular formula is C22H29N3O6S2. The van der Waals surface area contributed by atoms with E-state index in [4.69, 9.17) is 4.74 Å². The molecule has 9 nitrogen and oxygen atoms in total. The van der Waals surface area contributed by atoms with Crippen LogP contribution in [-0.2, 0) is 31.4 Å². The molecule has 11 heteroatoms. The van der Waals surface area contributed by atoms with E-state index in [0.717, 1.165) is 22.7 Å². The highest BCUT2D eigenvalue weighted by atomic mass is 32.2. The fraction of sp³-hybridized carbons (Fsp3) is 0.409. The van der Waals surface area contributed by atoms with E-state index in [9.17, 15) is 21.6 Å². The van der Waals surface area contributed by atoms with Gasteiger partial charge in [-0.3, -0.25) is 4.79 Å². The number of carbonyl (C=O) groups is 1.